The monoisotopic (exact) mass is 460 g/mol. The van der Waals surface area contributed by atoms with Crippen LogP contribution in [-0.4, -0.2) is 33.3 Å². The molecule has 1 aliphatic rings. The predicted octanol–water partition coefficient (Wildman–Crippen LogP) is 4.88. The summed E-state index contributed by atoms with van der Waals surface area (Å²) in [5.74, 6) is -1.34. The Balaban J connectivity index is 1.77. The van der Waals surface area contributed by atoms with E-state index in [4.69, 9.17) is 4.74 Å². The number of likely N-dealkylation sites (tertiary alicyclic amines) is 1. The normalized spacial score (nSPS) is 17.4. The molecule has 1 aliphatic heterocycles. The van der Waals surface area contributed by atoms with E-state index in [-0.39, 0.29) is 17.9 Å². The molecule has 0 aliphatic carbocycles. The smallest absolute Gasteiger partial charge is 0.295 e. The zero-order chi connectivity index (χ0) is 24.2. The second-order valence-corrected chi connectivity index (χ2v) is 8.57. The van der Waals surface area contributed by atoms with Crippen LogP contribution in [0.2, 0.25) is 0 Å². The van der Waals surface area contributed by atoms with Gasteiger partial charge in [0.25, 0.3) is 11.7 Å². The highest BCUT2D eigenvalue weighted by Crippen LogP contribution is 2.40. The van der Waals surface area contributed by atoms with E-state index in [1.54, 1.807) is 60.9 Å². The van der Waals surface area contributed by atoms with Crippen LogP contribution < -0.4 is 4.74 Å². The fourth-order valence-electron chi connectivity index (χ4n) is 3.87. The number of nitrogens with zero attached hydrogens (tertiary/aromatic N) is 2. The van der Waals surface area contributed by atoms with Gasteiger partial charge in [-0.25, -0.2) is 4.39 Å². The molecule has 0 radical (unpaired) electrons. The molecular formula is C27H25FN2O4. The van der Waals surface area contributed by atoms with Crippen molar-refractivity contribution in [3.05, 3.63) is 101 Å². The van der Waals surface area contributed by atoms with E-state index in [0.29, 0.717) is 35.0 Å². The van der Waals surface area contributed by atoms with Crippen LogP contribution in [0.1, 0.15) is 36.6 Å². The molecule has 174 valence electrons. The summed E-state index contributed by atoms with van der Waals surface area (Å²) < 4.78 is 19.1. The van der Waals surface area contributed by atoms with Gasteiger partial charge in [-0.05, 0) is 47.4 Å². The third-order valence-corrected chi connectivity index (χ3v) is 5.50. The number of Topliss-reactive ketones (excluding diaryl/α,β-unsaturated/α-hetero) is 1. The summed E-state index contributed by atoms with van der Waals surface area (Å²) in [4.78, 5) is 31.7. The van der Waals surface area contributed by atoms with Crippen LogP contribution in [0.3, 0.4) is 0 Å². The Morgan fingerprint density at radius 3 is 2.56 bits per heavy atom. The minimum Gasteiger partial charge on any atom is -0.507 e. The maximum atomic E-state index is 13.4. The molecule has 0 saturated carbocycles. The van der Waals surface area contributed by atoms with Gasteiger partial charge in [-0.15, -0.1) is 0 Å². The largest absolute Gasteiger partial charge is 0.507 e. The van der Waals surface area contributed by atoms with Gasteiger partial charge in [0, 0.05) is 24.5 Å². The van der Waals surface area contributed by atoms with Gasteiger partial charge in [-0.1, -0.05) is 44.2 Å². The first-order chi connectivity index (χ1) is 16.3. The topological polar surface area (TPSA) is 79.7 Å². The first kappa shape index (κ1) is 23.2. The summed E-state index contributed by atoms with van der Waals surface area (Å²) >= 11 is 0. The zero-order valence-corrected chi connectivity index (χ0v) is 18.9. The first-order valence-electron chi connectivity index (χ1n) is 11.0. The van der Waals surface area contributed by atoms with Crippen molar-refractivity contribution in [1.29, 1.82) is 0 Å². The molecule has 1 unspecified atom stereocenters. The molecule has 1 aromatic heterocycles. The molecule has 0 bridgehead atoms. The summed E-state index contributed by atoms with van der Waals surface area (Å²) in [6, 6.07) is 15.1. The van der Waals surface area contributed by atoms with Crippen LogP contribution >= 0.6 is 0 Å². The number of hydrogen-bond donors (Lipinski definition) is 1. The lowest BCUT2D eigenvalue weighted by molar-refractivity contribution is -0.140. The quantitative estimate of drug-likeness (QED) is 0.309. The fraction of sp³-hybridized carbons (Fsp3) is 0.222. The van der Waals surface area contributed by atoms with Crippen molar-refractivity contribution < 1.29 is 23.8 Å². The summed E-state index contributed by atoms with van der Waals surface area (Å²) in [5, 5.41) is 11.2. The van der Waals surface area contributed by atoms with E-state index in [1.807, 2.05) is 13.8 Å². The number of ether oxygens (including phenoxy) is 1. The number of rotatable bonds is 7. The summed E-state index contributed by atoms with van der Waals surface area (Å²) in [7, 11) is 0. The van der Waals surface area contributed by atoms with Crippen molar-refractivity contribution in [2.24, 2.45) is 5.92 Å². The standard InChI is InChI=1S/C27H25FN2O4/c1-17(2)16-34-22-7-3-5-19(13-22)25(31)23-24(20-6-4-12-29-14-20)30(27(33)26(23)32)15-18-8-10-21(28)11-9-18/h3-14,17,24,31H,15-16H2,1-2H3/b25-23-. The number of hydrogen-bond acceptors (Lipinski definition) is 5. The average Bonchev–Trinajstić information content (AvgIpc) is 3.09. The predicted molar refractivity (Wildman–Crippen MR) is 125 cm³/mol. The maximum Gasteiger partial charge on any atom is 0.295 e. The molecule has 6 nitrogen and oxygen atoms in total. The number of amides is 1. The lowest BCUT2D eigenvalue weighted by atomic mass is 9.96. The summed E-state index contributed by atoms with van der Waals surface area (Å²) in [6.07, 6.45) is 3.15. The van der Waals surface area contributed by atoms with E-state index < -0.39 is 23.5 Å². The molecular weight excluding hydrogens is 435 g/mol. The lowest BCUT2D eigenvalue weighted by Crippen LogP contribution is -2.29. The first-order valence-corrected chi connectivity index (χ1v) is 11.0. The van der Waals surface area contributed by atoms with Gasteiger partial charge in [0.15, 0.2) is 0 Å². The number of halogens is 1. The summed E-state index contributed by atoms with van der Waals surface area (Å²) in [6.45, 7) is 4.63. The highest BCUT2D eigenvalue weighted by molar-refractivity contribution is 6.46. The van der Waals surface area contributed by atoms with Crippen LogP contribution in [0, 0.1) is 11.7 Å². The molecule has 1 N–H and O–H groups in total. The lowest BCUT2D eigenvalue weighted by Gasteiger charge is -2.25. The van der Waals surface area contributed by atoms with Gasteiger partial charge in [-0.3, -0.25) is 14.6 Å². The van der Waals surface area contributed by atoms with Crippen LogP contribution in [0.5, 0.6) is 5.75 Å². The van der Waals surface area contributed by atoms with Gasteiger partial charge in [-0.2, -0.15) is 0 Å². The van der Waals surface area contributed by atoms with Gasteiger partial charge in [0.2, 0.25) is 0 Å². The Kier molecular flexibility index (Phi) is 6.72. The van der Waals surface area contributed by atoms with Crippen molar-refractivity contribution >= 4 is 17.4 Å². The molecule has 34 heavy (non-hydrogen) atoms. The summed E-state index contributed by atoms with van der Waals surface area (Å²) in [5.41, 5.74) is 1.58. The van der Waals surface area contributed by atoms with Crippen molar-refractivity contribution in [2.75, 3.05) is 6.61 Å². The number of ketones is 1. The maximum absolute atomic E-state index is 13.4. The van der Waals surface area contributed by atoms with Gasteiger partial charge >= 0.3 is 0 Å². The third kappa shape index (κ3) is 4.83. The van der Waals surface area contributed by atoms with E-state index >= 15 is 0 Å². The molecule has 3 aromatic rings. The van der Waals surface area contributed by atoms with Gasteiger partial charge < -0.3 is 14.7 Å². The van der Waals surface area contributed by atoms with Crippen molar-refractivity contribution in [2.45, 2.75) is 26.4 Å². The number of carbonyl (C=O) groups excluding carboxylic acids is 2. The Morgan fingerprint density at radius 1 is 1.12 bits per heavy atom. The van der Waals surface area contributed by atoms with Crippen LogP contribution in [0.4, 0.5) is 4.39 Å². The molecule has 1 amide bonds. The Morgan fingerprint density at radius 2 is 1.88 bits per heavy atom. The molecule has 7 heteroatoms. The highest BCUT2D eigenvalue weighted by Gasteiger charge is 2.46. The van der Waals surface area contributed by atoms with E-state index in [9.17, 15) is 19.1 Å². The molecule has 2 aromatic carbocycles. The van der Waals surface area contributed by atoms with Crippen LogP contribution in [0.25, 0.3) is 5.76 Å². The Hall–Kier alpha value is -4.00. The SMILES string of the molecule is CC(C)COc1cccc(/C(O)=C2/C(=O)C(=O)N(Cc3ccc(F)cc3)C2c2cccnc2)c1. The molecule has 4 rings (SSSR count). The minimum atomic E-state index is -0.848. The van der Waals surface area contributed by atoms with Crippen LogP contribution in [0.15, 0.2) is 78.6 Å². The molecule has 1 fully saturated rings. The van der Waals surface area contributed by atoms with Crippen LogP contribution in [-0.2, 0) is 16.1 Å². The molecule has 1 saturated heterocycles. The van der Waals surface area contributed by atoms with Crippen molar-refractivity contribution in [3.63, 3.8) is 0 Å². The van der Waals surface area contributed by atoms with Gasteiger partial charge in [0.05, 0.1) is 18.2 Å². The van der Waals surface area contributed by atoms with E-state index in [2.05, 4.69) is 4.98 Å². The number of carbonyl (C=O) groups is 2. The van der Waals surface area contributed by atoms with Crippen molar-refractivity contribution in [1.82, 2.24) is 9.88 Å². The number of aliphatic hydroxyl groups excluding tert-OH is 1. The second-order valence-electron chi connectivity index (χ2n) is 8.57. The third-order valence-electron chi connectivity index (χ3n) is 5.50. The number of benzene rings is 2. The molecule has 1 atom stereocenters. The second kappa shape index (κ2) is 9.87. The minimum absolute atomic E-state index is 0.0267. The van der Waals surface area contributed by atoms with E-state index in [1.165, 1.54) is 17.0 Å². The highest BCUT2D eigenvalue weighted by atomic mass is 19.1. The van der Waals surface area contributed by atoms with E-state index in [0.717, 1.165) is 0 Å². The number of pyridine rings is 1. The van der Waals surface area contributed by atoms with Crippen molar-refractivity contribution in [3.8, 4) is 5.75 Å². The molecule has 2 heterocycles. The number of aromatic nitrogens is 1. The Bertz CT molecular complexity index is 1220. The average molecular weight is 461 g/mol. The van der Waals surface area contributed by atoms with Gasteiger partial charge in [0.1, 0.15) is 17.3 Å². The Labute approximate surface area is 197 Å². The number of aliphatic hydroxyl groups is 1. The fourth-order valence-corrected chi connectivity index (χ4v) is 3.87. The zero-order valence-electron chi connectivity index (χ0n) is 18.9. The molecule has 0 spiro atoms.